The molecule has 0 spiro atoms. The van der Waals surface area contributed by atoms with Crippen molar-refractivity contribution in [2.24, 2.45) is 5.92 Å². The third-order valence-electron chi connectivity index (χ3n) is 4.01. The lowest BCUT2D eigenvalue weighted by Gasteiger charge is -2.17. The third-order valence-corrected chi connectivity index (χ3v) is 4.01. The van der Waals surface area contributed by atoms with E-state index in [4.69, 9.17) is 14.2 Å². The molecule has 0 heterocycles. The van der Waals surface area contributed by atoms with E-state index in [0.29, 0.717) is 38.1 Å². The van der Waals surface area contributed by atoms with Gasteiger partial charge >= 0.3 is 11.9 Å². The van der Waals surface area contributed by atoms with Gasteiger partial charge in [0, 0.05) is 26.6 Å². The first kappa shape index (κ1) is 22.2. The van der Waals surface area contributed by atoms with E-state index >= 15 is 0 Å². The van der Waals surface area contributed by atoms with Gasteiger partial charge < -0.3 is 14.2 Å². The van der Waals surface area contributed by atoms with Gasteiger partial charge in [0.2, 0.25) is 0 Å². The topological polar surface area (TPSA) is 61.8 Å². The van der Waals surface area contributed by atoms with Crippen LogP contribution in [0.4, 0.5) is 0 Å². The molecule has 0 bridgehead atoms. The van der Waals surface area contributed by atoms with Crippen LogP contribution in [0.15, 0.2) is 30.3 Å². The molecule has 0 aliphatic carbocycles. The molecule has 0 aromatic heterocycles. The molecule has 146 valence electrons. The minimum Gasteiger partial charge on any atom is -0.466 e. The Bertz CT molecular complexity index is 512. The largest absolute Gasteiger partial charge is 0.466 e. The maximum absolute atomic E-state index is 11.8. The Labute approximate surface area is 157 Å². The molecule has 0 saturated heterocycles. The Hall–Kier alpha value is -1.88. The Morgan fingerprint density at radius 3 is 2.15 bits per heavy atom. The maximum atomic E-state index is 11.8. The normalized spacial score (nSPS) is 12.0. The van der Waals surface area contributed by atoms with Gasteiger partial charge in [-0.3, -0.25) is 9.59 Å². The van der Waals surface area contributed by atoms with E-state index in [1.807, 2.05) is 32.0 Å². The highest BCUT2D eigenvalue weighted by molar-refractivity contribution is 5.72. The van der Waals surface area contributed by atoms with Gasteiger partial charge in [-0.2, -0.15) is 0 Å². The van der Waals surface area contributed by atoms with Gasteiger partial charge in [-0.05, 0) is 36.7 Å². The molecule has 5 nitrogen and oxygen atoms in total. The number of methoxy groups -OCH3 is 1. The van der Waals surface area contributed by atoms with Crippen LogP contribution in [0.2, 0.25) is 0 Å². The molecular formula is C21H32O5. The third kappa shape index (κ3) is 10.2. The van der Waals surface area contributed by atoms with Crippen LogP contribution in [0.1, 0.15) is 57.4 Å². The second-order valence-corrected chi connectivity index (χ2v) is 6.83. The average molecular weight is 364 g/mol. The highest BCUT2D eigenvalue weighted by Crippen LogP contribution is 2.23. The van der Waals surface area contributed by atoms with Crippen molar-refractivity contribution in [2.75, 3.05) is 26.9 Å². The van der Waals surface area contributed by atoms with E-state index in [1.54, 1.807) is 7.11 Å². The number of hydrogen-bond acceptors (Lipinski definition) is 5. The fourth-order valence-corrected chi connectivity index (χ4v) is 2.56. The molecule has 1 atom stereocenters. The lowest BCUT2D eigenvalue weighted by atomic mass is 9.93. The van der Waals surface area contributed by atoms with Crippen LogP contribution in [0.5, 0.6) is 0 Å². The number of esters is 2. The van der Waals surface area contributed by atoms with Crippen LogP contribution in [-0.4, -0.2) is 38.9 Å². The van der Waals surface area contributed by atoms with Crippen molar-refractivity contribution in [3.05, 3.63) is 35.9 Å². The van der Waals surface area contributed by atoms with Crippen LogP contribution in [0.25, 0.3) is 0 Å². The zero-order chi connectivity index (χ0) is 19.2. The van der Waals surface area contributed by atoms with Crippen LogP contribution in [-0.2, 0) is 23.8 Å². The standard InChI is InChI=1S/C21H32O5/c1-17(2)16-26-21(23)11-7-10-20(22)25-15-13-19(12-14-24-3)18-8-5-4-6-9-18/h4-6,8-9,17,19H,7,10-16H2,1-3H3. The lowest BCUT2D eigenvalue weighted by Crippen LogP contribution is -2.12. The summed E-state index contributed by atoms with van der Waals surface area (Å²) in [4.78, 5) is 23.3. The van der Waals surface area contributed by atoms with Crippen molar-refractivity contribution < 1.29 is 23.8 Å². The molecule has 0 fully saturated rings. The number of ether oxygens (including phenoxy) is 3. The van der Waals surface area contributed by atoms with Gasteiger partial charge in [0.05, 0.1) is 13.2 Å². The highest BCUT2D eigenvalue weighted by Gasteiger charge is 2.13. The van der Waals surface area contributed by atoms with Crippen molar-refractivity contribution in [1.82, 2.24) is 0 Å². The van der Waals surface area contributed by atoms with Gasteiger partial charge in [0.1, 0.15) is 0 Å². The molecule has 5 heteroatoms. The molecule has 0 amide bonds. The van der Waals surface area contributed by atoms with Crippen molar-refractivity contribution >= 4 is 11.9 Å². The second kappa shape index (κ2) is 13.3. The summed E-state index contributed by atoms with van der Waals surface area (Å²) in [5, 5.41) is 0. The van der Waals surface area contributed by atoms with Gasteiger partial charge in [0.15, 0.2) is 0 Å². The van der Waals surface area contributed by atoms with Crippen LogP contribution >= 0.6 is 0 Å². The van der Waals surface area contributed by atoms with E-state index < -0.39 is 0 Å². The molecule has 1 unspecified atom stereocenters. The predicted molar refractivity (Wildman–Crippen MR) is 101 cm³/mol. The molecular weight excluding hydrogens is 332 g/mol. The Balaban J connectivity index is 2.24. The molecule has 0 radical (unpaired) electrons. The van der Waals surface area contributed by atoms with Crippen LogP contribution < -0.4 is 0 Å². The van der Waals surface area contributed by atoms with E-state index in [-0.39, 0.29) is 24.8 Å². The predicted octanol–water partition coefficient (Wildman–Crippen LogP) is 4.11. The Morgan fingerprint density at radius 1 is 0.923 bits per heavy atom. The molecule has 0 N–H and O–H groups in total. The number of carbonyl (C=O) groups is 2. The van der Waals surface area contributed by atoms with Gasteiger partial charge in [-0.1, -0.05) is 44.2 Å². The summed E-state index contributed by atoms with van der Waals surface area (Å²) < 4.78 is 15.6. The van der Waals surface area contributed by atoms with Crippen LogP contribution in [0, 0.1) is 5.92 Å². The fourth-order valence-electron chi connectivity index (χ4n) is 2.56. The number of hydrogen-bond donors (Lipinski definition) is 0. The van der Waals surface area contributed by atoms with Crippen molar-refractivity contribution in [1.29, 1.82) is 0 Å². The molecule has 0 aliphatic heterocycles. The first-order valence-corrected chi connectivity index (χ1v) is 9.38. The quantitative estimate of drug-likeness (QED) is 0.493. The Morgan fingerprint density at radius 2 is 1.54 bits per heavy atom. The van der Waals surface area contributed by atoms with Crippen molar-refractivity contribution in [3.63, 3.8) is 0 Å². The SMILES string of the molecule is COCCC(CCOC(=O)CCCC(=O)OCC(C)C)c1ccccc1. The summed E-state index contributed by atoms with van der Waals surface area (Å²) >= 11 is 0. The maximum Gasteiger partial charge on any atom is 0.305 e. The zero-order valence-electron chi connectivity index (χ0n) is 16.2. The van der Waals surface area contributed by atoms with Crippen molar-refractivity contribution in [3.8, 4) is 0 Å². The minimum atomic E-state index is -0.264. The summed E-state index contributed by atoms with van der Waals surface area (Å²) in [5.74, 6) is 0.102. The fraction of sp³-hybridized carbons (Fsp3) is 0.619. The lowest BCUT2D eigenvalue weighted by molar-refractivity contribution is -0.146. The number of carbonyl (C=O) groups excluding carboxylic acids is 2. The zero-order valence-corrected chi connectivity index (χ0v) is 16.2. The molecule has 1 aromatic rings. The smallest absolute Gasteiger partial charge is 0.305 e. The highest BCUT2D eigenvalue weighted by atomic mass is 16.5. The number of benzene rings is 1. The summed E-state index contributed by atoms with van der Waals surface area (Å²) in [6.07, 6.45) is 2.60. The molecule has 26 heavy (non-hydrogen) atoms. The molecule has 0 saturated carbocycles. The van der Waals surface area contributed by atoms with E-state index in [0.717, 1.165) is 12.8 Å². The van der Waals surface area contributed by atoms with Gasteiger partial charge in [-0.15, -0.1) is 0 Å². The summed E-state index contributed by atoms with van der Waals surface area (Å²) in [6.45, 7) is 5.44. The van der Waals surface area contributed by atoms with Crippen molar-refractivity contribution in [2.45, 2.75) is 51.9 Å². The van der Waals surface area contributed by atoms with E-state index in [9.17, 15) is 9.59 Å². The number of rotatable bonds is 13. The molecule has 1 aromatic carbocycles. The Kier molecular flexibility index (Phi) is 11.4. The average Bonchev–Trinajstić information content (AvgIpc) is 2.63. The summed E-state index contributed by atoms with van der Waals surface area (Å²) in [7, 11) is 1.69. The minimum absolute atomic E-state index is 0.241. The molecule has 0 aliphatic rings. The summed E-state index contributed by atoms with van der Waals surface area (Å²) in [6, 6.07) is 10.2. The molecule has 1 rings (SSSR count). The van der Waals surface area contributed by atoms with Gasteiger partial charge in [0.25, 0.3) is 0 Å². The van der Waals surface area contributed by atoms with E-state index in [1.165, 1.54) is 5.56 Å². The van der Waals surface area contributed by atoms with Gasteiger partial charge in [-0.25, -0.2) is 0 Å². The van der Waals surface area contributed by atoms with E-state index in [2.05, 4.69) is 12.1 Å². The van der Waals surface area contributed by atoms with Crippen LogP contribution in [0.3, 0.4) is 0 Å². The first-order chi connectivity index (χ1) is 12.5. The monoisotopic (exact) mass is 364 g/mol. The first-order valence-electron chi connectivity index (χ1n) is 9.38. The second-order valence-electron chi connectivity index (χ2n) is 6.83. The summed E-state index contributed by atoms with van der Waals surface area (Å²) in [5.41, 5.74) is 1.23.